The number of hydrogen-bond acceptors (Lipinski definition) is 2. The number of aryl methyl sites for hydroxylation is 1. The molecular formula is C21H20F2N2O2. The fraction of sp³-hybridized carbons (Fsp3) is 0.286. The van der Waals surface area contributed by atoms with E-state index in [2.05, 4.69) is 4.98 Å². The maximum Gasteiger partial charge on any atom is 0.223 e. The van der Waals surface area contributed by atoms with E-state index in [1.807, 2.05) is 0 Å². The van der Waals surface area contributed by atoms with Crippen LogP contribution in [-0.4, -0.2) is 39.6 Å². The van der Waals surface area contributed by atoms with Crippen LogP contribution in [0.25, 0.3) is 22.2 Å². The number of rotatable bonds is 4. The van der Waals surface area contributed by atoms with Crippen molar-refractivity contribution in [3.8, 4) is 11.3 Å². The van der Waals surface area contributed by atoms with E-state index >= 15 is 0 Å². The van der Waals surface area contributed by atoms with E-state index in [0.29, 0.717) is 19.5 Å². The Morgan fingerprint density at radius 2 is 1.81 bits per heavy atom. The third-order valence-corrected chi connectivity index (χ3v) is 5.01. The first-order valence-electron chi connectivity index (χ1n) is 8.89. The maximum absolute atomic E-state index is 13.8. The van der Waals surface area contributed by atoms with Gasteiger partial charge in [-0.15, -0.1) is 0 Å². The molecule has 2 N–H and O–H groups in total. The van der Waals surface area contributed by atoms with Gasteiger partial charge in [0.1, 0.15) is 11.6 Å². The summed E-state index contributed by atoms with van der Waals surface area (Å²) < 4.78 is 27.1. The van der Waals surface area contributed by atoms with Gasteiger partial charge in [-0.2, -0.15) is 0 Å². The van der Waals surface area contributed by atoms with Crippen LogP contribution in [0.3, 0.4) is 0 Å². The number of carbonyl (C=O) groups is 1. The van der Waals surface area contributed by atoms with Crippen molar-refractivity contribution >= 4 is 16.8 Å². The molecule has 0 unspecified atom stereocenters. The molecule has 0 spiro atoms. The quantitative estimate of drug-likeness (QED) is 0.737. The van der Waals surface area contributed by atoms with Crippen LogP contribution in [0.5, 0.6) is 0 Å². The lowest BCUT2D eigenvalue weighted by atomic mass is 9.95. The fourth-order valence-corrected chi connectivity index (χ4v) is 3.68. The molecule has 0 saturated carbocycles. The van der Waals surface area contributed by atoms with Crippen LogP contribution in [0, 0.1) is 11.6 Å². The van der Waals surface area contributed by atoms with Crippen LogP contribution in [0.1, 0.15) is 18.9 Å². The highest BCUT2D eigenvalue weighted by molar-refractivity contribution is 5.91. The van der Waals surface area contributed by atoms with Crippen LogP contribution >= 0.6 is 0 Å². The zero-order chi connectivity index (χ0) is 19.2. The van der Waals surface area contributed by atoms with E-state index in [4.69, 9.17) is 0 Å². The Morgan fingerprint density at radius 3 is 2.48 bits per heavy atom. The Balaban J connectivity index is 1.65. The molecule has 1 aliphatic heterocycles. The molecule has 2 heterocycles. The number of nitrogens with one attached hydrogen (secondary N) is 1. The number of H-pyrrole nitrogens is 1. The van der Waals surface area contributed by atoms with Crippen LogP contribution in [0.4, 0.5) is 8.78 Å². The minimum atomic E-state index is -0.807. The summed E-state index contributed by atoms with van der Waals surface area (Å²) in [5.41, 5.74) is 2.34. The fourth-order valence-electron chi connectivity index (χ4n) is 3.68. The number of likely N-dealkylation sites (tertiary alicyclic amines) is 1. The van der Waals surface area contributed by atoms with Gasteiger partial charge in [-0.05, 0) is 66.9 Å². The lowest BCUT2D eigenvalue weighted by Gasteiger charge is -2.44. The molecule has 1 aromatic heterocycles. The summed E-state index contributed by atoms with van der Waals surface area (Å²) in [4.78, 5) is 17.3. The van der Waals surface area contributed by atoms with E-state index in [1.165, 1.54) is 24.3 Å². The van der Waals surface area contributed by atoms with E-state index in [1.54, 1.807) is 30.0 Å². The summed E-state index contributed by atoms with van der Waals surface area (Å²) in [6.07, 6.45) is 0.682. The molecule has 3 aromatic rings. The number of fused-ring (bicyclic) bond motifs is 1. The first-order valence-corrected chi connectivity index (χ1v) is 8.89. The van der Waals surface area contributed by atoms with Gasteiger partial charge in [0.05, 0.1) is 18.7 Å². The molecule has 0 bridgehead atoms. The molecule has 140 valence electrons. The van der Waals surface area contributed by atoms with Gasteiger partial charge in [-0.25, -0.2) is 8.78 Å². The number of halogens is 2. The lowest BCUT2D eigenvalue weighted by molar-refractivity contribution is -0.152. The monoisotopic (exact) mass is 370 g/mol. The molecule has 1 fully saturated rings. The summed E-state index contributed by atoms with van der Waals surface area (Å²) in [6.45, 7) is 2.37. The summed E-state index contributed by atoms with van der Waals surface area (Å²) in [5, 5.41) is 10.5. The first kappa shape index (κ1) is 17.7. The van der Waals surface area contributed by atoms with Crippen LogP contribution in [0.15, 0.2) is 42.5 Å². The van der Waals surface area contributed by atoms with Gasteiger partial charge in [0, 0.05) is 23.0 Å². The van der Waals surface area contributed by atoms with Gasteiger partial charge in [0.2, 0.25) is 5.91 Å². The number of β-amino-alcohol motifs (C(OH)–C–C–N with tert-alkyl or cyclic N) is 1. The van der Waals surface area contributed by atoms with Gasteiger partial charge in [-0.3, -0.25) is 4.79 Å². The molecule has 0 atom stereocenters. The second-order valence-corrected chi connectivity index (χ2v) is 7.42. The Labute approximate surface area is 155 Å². The number of aliphatic hydroxyl groups is 1. The second kappa shape index (κ2) is 6.46. The minimum Gasteiger partial charge on any atom is -0.386 e. The zero-order valence-corrected chi connectivity index (χ0v) is 14.9. The zero-order valence-electron chi connectivity index (χ0n) is 14.9. The van der Waals surface area contributed by atoms with Gasteiger partial charge < -0.3 is 15.0 Å². The predicted octanol–water partition coefficient (Wildman–Crippen LogP) is 3.64. The predicted molar refractivity (Wildman–Crippen MR) is 99.2 cm³/mol. The van der Waals surface area contributed by atoms with E-state index in [0.717, 1.165) is 27.7 Å². The molecule has 2 aromatic carbocycles. The van der Waals surface area contributed by atoms with Crippen molar-refractivity contribution in [2.45, 2.75) is 25.4 Å². The van der Waals surface area contributed by atoms with Crippen molar-refractivity contribution in [1.82, 2.24) is 9.88 Å². The highest BCUT2D eigenvalue weighted by Crippen LogP contribution is 2.32. The van der Waals surface area contributed by atoms with Gasteiger partial charge in [-0.1, -0.05) is 0 Å². The van der Waals surface area contributed by atoms with Crippen LogP contribution < -0.4 is 0 Å². The Hall–Kier alpha value is -2.73. The Morgan fingerprint density at radius 1 is 1.15 bits per heavy atom. The number of aromatic amines is 1. The molecular weight excluding hydrogens is 350 g/mol. The minimum absolute atomic E-state index is 0.0441. The van der Waals surface area contributed by atoms with Crippen molar-refractivity contribution in [1.29, 1.82) is 0 Å². The Kier molecular flexibility index (Phi) is 4.23. The maximum atomic E-state index is 13.8. The average Bonchev–Trinajstić information content (AvgIpc) is 2.96. The molecule has 6 heteroatoms. The van der Waals surface area contributed by atoms with E-state index < -0.39 is 5.60 Å². The van der Waals surface area contributed by atoms with Crippen molar-refractivity contribution < 1.29 is 18.7 Å². The standard InChI is InChI=1S/C21H20F2N2O2/c1-21(27)11-25(12-21)19(26)9-7-16-17-10-15(23)6-8-18(17)24-20(16)13-2-4-14(22)5-3-13/h2-6,8,10,24,27H,7,9,11-12H2,1H3. The number of benzene rings is 2. The third kappa shape index (κ3) is 3.45. The number of aromatic nitrogens is 1. The highest BCUT2D eigenvalue weighted by atomic mass is 19.1. The van der Waals surface area contributed by atoms with Gasteiger partial charge >= 0.3 is 0 Å². The van der Waals surface area contributed by atoms with Gasteiger partial charge in [0.25, 0.3) is 0 Å². The normalized spacial score (nSPS) is 15.8. The van der Waals surface area contributed by atoms with Crippen LogP contribution in [-0.2, 0) is 11.2 Å². The SMILES string of the molecule is CC1(O)CN(C(=O)CCc2c(-c3ccc(F)cc3)[nH]c3ccc(F)cc23)C1. The molecule has 1 saturated heterocycles. The number of hydrogen-bond donors (Lipinski definition) is 2. The molecule has 1 aliphatic rings. The molecule has 4 nitrogen and oxygen atoms in total. The molecule has 1 amide bonds. The van der Waals surface area contributed by atoms with Gasteiger partial charge in [0.15, 0.2) is 0 Å². The number of amides is 1. The summed E-state index contributed by atoms with van der Waals surface area (Å²) in [5.74, 6) is -0.724. The molecule has 0 radical (unpaired) electrons. The number of carbonyl (C=O) groups excluding carboxylic acids is 1. The van der Waals surface area contributed by atoms with E-state index in [9.17, 15) is 18.7 Å². The topological polar surface area (TPSA) is 56.3 Å². The van der Waals surface area contributed by atoms with Crippen molar-refractivity contribution in [2.75, 3.05) is 13.1 Å². The summed E-state index contributed by atoms with van der Waals surface area (Å²) >= 11 is 0. The Bertz CT molecular complexity index is 1000. The molecule has 4 rings (SSSR count). The highest BCUT2D eigenvalue weighted by Gasteiger charge is 2.39. The van der Waals surface area contributed by atoms with Crippen molar-refractivity contribution in [2.24, 2.45) is 0 Å². The summed E-state index contributed by atoms with van der Waals surface area (Å²) in [7, 11) is 0. The smallest absolute Gasteiger partial charge is 0.223 e. The average molecular weight is 370 g/mol. The van der Waals surface area contributed by atoms with E-state index in [-0.39, 0.29) is 24.0 Å². The molecule has 27 heavy (non-hydrogen) atoms. The summed E-state index contributed by atoms with van der Waals surface area (Å²) in [6, 6.07) is 10.6. The van der Waals surface area contributed by atoms with Crippen LogP contribution in [0.2, 0.25) is 0 Å². The van der Waals surface area contributed by atoms with Crippen molar-refractivity contribution in [3.63, 3.8) is 0 Å². The molecule has 0 aliphatic carbocycles. The largest absolute Gasteiger partial charge is 0.386 e. The third-order valence-electron chi connectivity index (χ3n) is 5.01. The second-order valence-electron chi connectivity index (χ2n) is 7.42. The number of nitrogens with zero attached hydrogens (tertiary/aromatic N) is 1. The van der Waals surface area contributed by atoms with Crippen molar-refractivity contribution in [3.05, 3.63) is 59.7 Å². The first-order chi connectivity index (χ1) is 12.8. The lowest BCUT2D eigenvalue weighted by Crippen LogP contribution is -2.61.